The lowest BCUT2D eigenvalue weighted by Crippen LogP contribution is -2.40. The maximum absolute atomic E-state index is 3.56. The molecule has 17 heavy (non-hydrogen) atoms. The van der Waals surface area contributed by atoms with Crippen molar-refractivity contribution in [2.24, 2.45) is 17.8 Å². The fourth-order valence-electron chi connectivity index (χ4n) is 3.64. The summed E-state index contributed by atoms with van der Waals surface area (Å²) in [6, 6.07) is 0.755. The average molecular weight is 238 g/mol. The standard InChI is InChI=1S/C15H30N2/c1-4-8-16-9-12(2)13(3)17-10-14-6-5-7-15(14)11-17/h12-16H,4-11H2,1-3H3. The summed E-state index contributed by atoms with van der Waals surface area (Å²) >= 11 is 0. The fraction of sp³-hybridized carbons (Fsp3) is 1.00. The summed E-state index contributed by atoms with van der Waals surface area (Å²) in [4.78, 5) is 2.76. The smallest absolute Gasteiger partial charge is 0.0105 e. The van der Waals surface area contributed by atoms with Gasteiger partial charge in [-0.15, -0.1) is 0 Å². The Balaban J connectivity index is 1.74. The molecule has 2 fully saturated rings. The van der Waals surface area contributed by atoms with Crippen molar-refractivity contribution in [3.8, 4) is 0 Å². The van der Waals surface area contributed by atoms with Gasteiger partial charge in [-0.3, -0.25) is 4.90 Å². The Hall–Kier alpha value is -0.0800. The highest BCUT2D eigenvalue weighted by atomic mass is 15.2. The zero-order valence-corrected chi connectivity index (χ0v) is 11.9. The summed E-state index contributed by atoms with van der Waals surface area (Å²) in [7, 11) is 0. The van der Waals surface area contributed by atoms with Crippen LogP contribution in [0.2, 0.25) is 0 Å². The molecule has 2 rings (SSSR count). The van der Waals surface area contributed by atoms with Crippen molar-refractivity contribution in [3.63, 3.8) is 0 Å². The normalized spacial score (nSPS) is 32.6. The van der Waals surface area contributed by atoms with Crippen LogP contribution in [0.4, 0.5) is 0 Å². The van der Waals surface area contributed by atoms with Crippen molar-refractivity contribution in [2.75, 3.05) is 26.2 Å². The van der Waals surface area contributed by atoms with Crippen molar-refractivity contribution in [1.29, 1.82) is 0 Å². The molecular formula is C15H30N2. The topological polar surface area (TPSA) is 15.3 Å². The third-order valence-electron chi connectivity index (χ3n) is 5.05. The van der Waals surface area contributed by atoms with Crippen LogP contribution in [0.1, 0.15) is 46.5 Å². The third-order valence-corrected chi connectivity index (χ3v) is 5.05. The summed E-state index contributed by atoms with van der Waals surface area (Å²) in [5.41, 5.74) is 0. The van der Waals surface area contributed by atoms with Gasteiger partial charge in [0, 0.05) is 19.1 Å². The Morgan fingerprint density at radius 2 is 1.82 bits per heavy atom. The van der Waals surface area contributed by atoms with E-state index in [-0.39, 0.29) is 0 Å². The number of nitrogens with one attached hydrogen (secondary N) is 1. The molecule has 0 spiro atoms. The first-order valence-electron chi connectivity index (χ1n) is 7.67. The van der Waals surface area contributed by atoms with Crippen LogP contribution in [0.25, 0.3) is 0 Å². The van der Waals surface area contributed by atoms with Crippen LogP contribution in [0.3, 0.4) is 0 Å². The lowest BCUT2D eigenvalue weighted by molar-refractivity contribution is 0.182. The molecular weight excluding hydrogens is 208 g/mol. The molecule has 0 aromatic heterocycles. The van der Waals surface area contributed by atoms with Crippen LogP contribution in [0.15, 0.2) is 0 Å². The van der Waals surface area contributed by atoms with E-state index >= 15 is 0 Å². The van der Waals surface area contributed by atoms with E-state index in [9.17, 15) is 0 Å². The molecule has 4 unspecified atom stereocenters. The van der Waals surface area contributed by atoms with E-state index in [1.807, 2.05) is 0 Å². The molecule has 1 N–H and O–H groups in total. The van der Waals surface area contributed by atoms with Gasteiger partial charge in [0.05, 0.1) is 0 Å². The molecule has 1 aliphatic heterocycles. The predicted molar refractivity (Wildman–Crippen MR) is 74.2 cm³/mol. The Kier molecular flexibility index (Phi) is 4.87. The Morgan fingerprint density at radius 1 is 1.18 bits per heavy atom. The second kappa shape index (κ2) is 6.19. The molecule has 1 saturated carbocycles. The van der Waals surface area contributed by atoms with Gasteiger partial charge in [-0.2, -0.15) is 0 Å². The van der Waals surface area contributed by atoms with Crippen LogP contribution in [0.5, 0.6) is 0 Å². The third kappa shape index (κ3) is 3.23. The van der Waals surface area contributed by atoms with Crippen LogP contribution in [-0.4, -0.2) is 37.1 Å². The zero-order valence-electron chi connectivity index (χ0n) is 11.9. The first-order valence-corrected chi connectivity index (χ1v) is 7.67. The lowest BCUT2D eigenvalue weighted by Gasteiger charge is -2.30. The molecule has 0 bridgehead atoms. The lowest BCUT2D eigenvalue weighted by atomic mass is 10.0. The molecule has 1 heterocycles. The van der Waals surface area contributed by atoms with Crippen LogP contribution in [0, 0.1) is 17.8 Å². The SMILES string of the molecule is CCCNCC(C)C(C)N1CC2CCCC2C1. The number of likely N-dealkylation sites (tertiary alicyclic amines) is 1. The molecule has 1 aliphatic carbocycles. The van der Waals surface area contributed by atoms with Crippen LogP contribution >= 0.6 is 0 Å². The van der Waals surface area contributed by atoms with Crippen LogP contribution < -0.4 is 5.32 Å². The van der Waals surface area contributed by atoms with Crippen molar-refractivity contribution < 1.29 is 0 Å². The second-order valence-electron chi connectivity index (χ2n) is 6.33. The highest BCUT2D eigenvalue weighted by Gasteiger charge is 2.38. The van der Waals surface area contributed by atoms with Crippen molar-refractivity contribution in [1.82, 2.24) is 10.2 Å². The minimum atomic E-state index is 0.755. The fourth-order valence-corrected chi connectivity index (χ4v) is 3.64. The van der Waals surface area contributed by atoms with E-state index in [1.165, 1.54) is 51.9 Å². The molecule has 0 amide bonds. The number of fused-ring (bicyclic) bond motifs is 1. The number of rotatable bonds is 6. The summed E-state index contributed by atoms with van der Waals surface area (Å²) in [5, 5.41) is 3.56. The maximum Gasteiger partial charge on any atom is 0.0105 e. The van der Waals surface area contributed by atoms with Gasteiger partial charge in [-0.1, -0.05) is 20.3 Å². The average Bonchev–Trinajstić information content (AvgIpc) is 2.88. The molecule has 4 atom stereocenters. The van der Waals surface area contributed by atoms with E-state index in [1.54, 1.807) is 0 Å². The molecule has 2 heteroatoms. The van der Waals surface area contributed by atoms with E-state index in [4.69, 9.17) is 0 Å². The molecule has 0 radical (unpaired) electrons. The summed E-state index contributed by atoms with van der Waals surface area (Å²) in [6.07, 6.45) is 5.73. The number of hydrogen-bond donors (Lipinski definition) is 1. The van der Waals surface area contributed by atoms with Crippen molar-refractivity contribution >= 4 is 0 Å². The molecule has 2 nitrogen and oxygen atoms in total. The van der Waals surface area contributed by atoms with Gasteiger partial charge in [0.25, 0.3) is 0 Å². The van der Waals surface area contributed by atoms with E-state index in [2.05, 4.69) is 31.0 Å². The molecule has 0 aromatic carbocycles. The summed E-state index contributed by atoms with van der Waals surface area (Å²) in [6.45, 7) is 12.2. The predicted octanol–water partition coefficient (Wildman–Crippen LogP) is 2.74. The van der Waals surface area contributed by atoms with Crippen molar-refractivity contribution in [2.45, 2.75) is 52.5 Å². The quantitative estimate of drug-likeness (QED) is 0.716. The molecule has 2 aliphatic rings. The minimum absolute atomic E-state index is 0.755. The maximum atomic E-state index is 3.56. The van der Waals surface area contributed by atoms with Gasteiger partial charge in [-0.25, -0.2) is 0 Å². The van der Waals surface area contributed by atoms with Gasteiger partial charge in [0.1, 0.15) is 0 Å². The van der Waals surface area contributed by atoms with Gasteiger partial charge in [-0.05, 0) is 57.0 Å². The number of hydrogen-bond acceptors (Lipinski definition) is 2. The molecule has 0 aromatic rings. The zero-order chi connectivity index (χ0) is 12.3. The summed E-state index contributed by atoms with van der Waals surface area (Å²) in [5.74, 6) is 2.85. The molecule has 100 valence electrons. The van der Waals surface area contributed by atoms with Crippen LogP contribution in [-0.2, 0) is 0 Å². The van der Waals surface area contributed by atoms with E-state index in [0.717, 1.165) is 23.8 Å². The highest BCUT2D eigenvalue weighted by molar-refractivity contribution is 4.91. The summed E-state index contributed by atoms with van der Waals surface area (Å²) < 4.78 is 0. The molecule has 1 saturated heterocycles. The Bertz CT molecular complexity index is 217. The monoisotopic (exact) mass is 238 g/mol. The highest BCUT2D eigenvalue weighted by Crippen LogP contribution is 2.38. The van der Waals surface area contributed by atoms with E-state index < -0.39 is 0 Å². The number of nitrogens with zero attached hydrogens (tertiary/aromatic N) is 1. The minimum Gasteiger partial charge on any atom is -0.316 e. The Labute approximate surface area is 107 Å². The Morgan fingerprint density at radius 3 is 2.41 bits per heavy atom. The van der Waals surface area contributed by atoms with Crippen molar-refractivity contribution in [3.05, 3.63) is 0 Å². The second-order valence-corrected chi connectivity index (χ2v) is 6.33. The van der Waals surface area contributed by atoms with Gasteiger partial charge in [0.2, 0.25) is 0 Å². The largest absolute Gasteiger partial charge is 0.316 e. The van der Waals surface area contributed by atoms with E-state index in [0.29, 0.717) is 0 Å². The van der Waals surface area contributed by atoms with Gasteiger partial charge < -0.3 is 5.32 Å². The van der Waals surface area contributed by atoms with Gasteiger partial charge in [0.15, 0.2) is 0 Å². The van der Waals surface area contributed by atoms with Gasteiger partial charge >= 0.3 is 0 Å². The first-order chi connectivity index (χ1) is 8.22. The first kappa shape index (κ1) is 13.4.